The molecular weight excluding hydrogens is 587 g/mol. The summed E-state index contributed by atoms with van der Waals surface area (Å²) in [4.78, 5) is 66.3. The number of nitrogens with zero attached hydrogens (tertiary/aromatic N) is 3. The standard InChI is InChI=1S/C30H28F3N3O8/c1-17-22(28(39)43-2)23(18-10-9-11-19(16-18)36(41)42)24(25(34-17)30(31,32)33)29(40)44-15-8-4-3-7-14-35-26(37)20-12-5-6-13-21(20)27(35)38/h5-6,9-13,16,22-23H,3-4,7-8,14-15H2,1-2H3. The van der Waals surface area contributed by atoms with E-state index in [1.807, 2.05) is 0 Å². The maximum atomic E-state index is 14.2. The minimum Gasteiger partial charge on any atom is -0.468 e. The molecule has 0 aliphatic carbocycles. The SMILES string of the molecule is COC(=O)C1C(C)=NC(C(F)(F)F)=C(C(=O)OCCCCCCN2C(=O)c3ccccc3C2=O)C1c1cccc([N+](=O)[O-])c1. The molecule has 232 valence electrons. The zero-order valence-electron chi connectivity index (χ0n) is 23.8. The summed E-state index contributed by atoms with van der Waals surface area (Å²) in [6, 6.07) is 11.1. The van der Waals surface area contributed by atoms with E-state index < -0.39 is 51.8 Å². The Morgan fingerprint density at radius 3 is 2.23 bits per heavy atom. The van der Waals surface area contributed by atoms with Gasteiger partial charge in [-0.1, -0.05) is 30.7 Å². The van der Waals surface area contributed by atoms with Gasteiger partial charge in [0.1, 0.15) is 5.92 Å². The highest BCUT2D eigenvalue weighted by Gasteiger charge is 2.50. The normalized spacial score (nSPS) is 18.2. The number of carbonyl (C=O) groups is 4. The Kier molecular flexibility index (Phi) is 9.60. The first-order chi connectivity index (χ1) is 20.9. The molecule has 2 aromatic carbocycles. The molecule has 4 rings (SSSR count). The van der Waals surface area contributed by atoms with E-state index in [1.54, 1.807) is 24.3 Å². The van der Waals surface area contributed by atoms with Gasteiger partial charge in [0, 0.05) is 30.3 Å². The van der Waals surface area contributed by atoms with E-state index in [-0.39, 0.29) is 42.7 Å². The van der Waals surface area contributed by atoms with Crippen LogP contribution in [0.5, 0.6) is 0 Å². The van der Waals surface area contributed by atoms with Crippen LogP contribution >= 0.6 is 0 Å². The van der Waals surface area contributed by atoms with Crippen molar-refractivity contribution in [2.24, 2.45) is 10.9 Å². The Labute approximate surface area is 249 Å². The highest BCUT2D eigenvalue weighted by molar-refractivity contribution is 6.21. The number of alkyl halides is 3. The maximum Gasteiger partial charge on any atom is 0.433 e. The van der Waals surface area contributed by atoms with E-state index in [0.29, 0.717) is 30.4 Å². The van der Waals surface area contributed by atoms with Crippen LogP contribution in [-0.4, -0.2) is 65.7 Å². The molecule has 0 saturated heterocycles. The van der Waals surface area contributed by atoms with Crippen molar-refractivity contribution in [2.75, 3.05) is 20.3 Å². The number of imide groups is 1. The molecule has 2 atom stereocenters. The number of esters is 2. The molecular formula is C30H28F3N3O8. The molecule has 2 aromatic rings. The first kappa shape index (κ1) is 32.0. The summed E-state index contributed by atoms with van der Waals surface area (Å²) >= 11 is 0. The number of allylic oxidation sites excluding steroid dienone is 1. The number of nitro groups is 1. The number of unbranched alkanes of at least 4 members (excludes halogenated alkanes) is 3. The van der Waals surface area contributed by atoms with Crippen LogP contribution in [0, 0.1) is 16.0 Å². The zero-order chi connectivity index (χ0) is 32.2. The van der Waals surface area contributed by atoms with Crippen LogP contribution in [0.4, 0.5) is 18.9 Å². The zero-order valence-corrected chi connectivity index (χ0v) is 23.8. The topological polar surface area (TPSA) is 145 Å². The van der Waals surface area contributed by atoms with Gasteiger partial charge in [0.25, 0.3) is 17.5 Å². The van der Waals surface area contributed by atoms with Crippen molar-refractivity contribution >= 4 is 35.2 Å². The number of halogens is 3. The highest BCUT2D eigenvalue weighted by Crippen LogP contribution is 2.45. The smallest absolute Gasteiger partial charge is 0.433 e. The van der Waals surface area contributed by atoms with Gasteiger partial charge in [-0.2, -0.15) is 13.2 Å². The second-order valence-corrected chi connectivity index (χ2v) is 10.2. The summed E-state index contributed by atoms with van der Waals surface area (Å²) in [5.41, 5.74) is -2.65. The quantitative estimate of drug-likeness (QED) is 0.111. The molecule has 0 fully saturated rings. The molecule has 0 N–H and O–H groups in total. The fourth-order valence-corrected chi connectivity index (χ4v) is 5.34. The van der Waals surface area contributed by atoms with E-state index in [1.165, 1.54) is 19.1 Å². The molecule has 0 spiro atoms. The van der Waals surface area contributed by atoms with Crippen molar-refractivity contribution in [2.45, 2.75) is 44.7 Å². The molecule has 11 nitrogen and oxygen atoms in total. The minimum atomic E-state index is -5.11. The monoisotopic (exact) mass is 615 g/mol. The Hall–Kier alpha value is -4.88. The van der Waals surface area contributed by atoms with Gasteiger partial charge in [-0.3, -0.25) is 34.4 Å². The lowest BCUT2D eigenvalue weighted by atomic mass is 9.75. The number of ether oxygens (including phenoxy) is 2. The second kappa shape index (κ2) is 13.2. The molecule has 2 aliphatic rings. The third-order valence-corrected chi connectivity index (χ3v) is 7.41. The van der Waals surface area contributed by atoms with Crippen LogP contribution in [0.2, 0.25) is 0 Å². The van der Waals surface area contributed by atoms with Crippen LogP contribution in [-0.2, 0) is 19.1 Å². The first-order valence-electron chi connectivity index (χ1n) is 13.7. The molecule has 2 heterocycles. The molecule has 0 radical (unpaired) electrons. The van der Waals surface area contributed by atoms with Crippen LogP contribution in [0.1, 0.15) is 64.8 Å². The number of non-ortho nitro benzene ring substituents is 1. The summed E-state index contributed by atoms with van der Waals surface area (Å²) in [7, 11) is 1.02. The lowest BCUT2D eigenvalue weighted by molar-refractivity contribution is -0.384. The third-order valence-electron chi connectivity index (χ3n) is 7.41. The number of methoxy groups -OCH3 is 1. The molecule has 0 saturated carbocycles. The predicted octanol–water partition coefficient (Wildman–Crippen LogP) is 5.16. The van der Waals surface area contributed by atoms with E-state index in [2.05, 4.69) is 4.99 Å². The number of aliphatic imine (C=N–C) groups is 1. The number of hydrogen-bond acceptors (Lipinski definition) is 9. The van der Waals surface area contributed by atoms with Gasteiger partial charge in [0.05, 0.1) is 35.3 Å². The van der Waals surface area contributed by atoms with Gasteiger partial charge in [0.15, 0.2) is 5.70 Å². The number of nitro benzene ring substituents is 1. The lowest BCUT2D eigenvalue weighted by Crippen LogP contribution is -2.38. The first-order valence-corrected chi connectivity index (χ1v) is 13.7. The largest absolute Gasteiger partial charge is 0.468 e. The minimum absolute atomic E-state index is 0.0919. The predicted molar refractivity (Wildman–Crippen MR) is 149 cm³/mol. The van der Waals surface area contributed by atoms with Gasteiger partial charge < -0.3 is 9.47 Å². The Bertz CT molecular complexity index is 1530. The number of hydrogen-bond donors (Lipinski definition) is 0. The average Bonchev–Trinajstić information content (AvgIpc) is 3.23. The van der Waals surface area contributed by atoms with Gasteiger partial charge in [-0.25, -0.2) is 4.79 Å². The lowest BCUT2D eigenvalue weighted by Gasteiger charge is -2.32. The summed E-state index contributed by atoms with van der Waals surface area (Å²) in [5, 5.41) is 11.4. The van der Waals surface area contributed by atoms with Crippen molar-refractivity contribution in [3.63, 3.8) is 0 Å². The number of carbonyl (C=O) groups excluding carboxylic acids is 4. The van der Waals surface area contributed by atoms with Crippen molar-refractivity contribution in [1.29, 1.82) is 0 Å². The molecule has 0 aromatic heterocycles. The Balaban J connectivity index is 1.45. The molecule has 14 heteroatoms. The van der Waals surface area contributed by atoms with Gasteiger partial charge in [-0.05, 0) is 43.9 Å². The van der Waals surface area contributed by atoms with Crippen molar-refractivity contribution in [3.8, 4) is 0 Å². The van der Waals surface area contributed by atoms with E-state index >= 15 is 0 Å². The fraction of sp³-hybridized carbons (Fsp3) is 0.367. The number of rotatable bonds is 11. The summed E-state index contributed by atoms with van der Waals surface area (Å²) in [6.45, 7) is 1.10. The van der Waals surface area contributed by atoms with Gasteiger partial charge in [-0.15, -0.1) is 0 Å². The number of benzene rings is 2. The van der Waals surface area contributed by atoms with E-state index in [9.17, 15) is 42.5 Å². The van der Waals surface area contributed by atoms with Crippen molar-refractivity contribution < 1.29 is 46.7 Å². The molecule has 2 aliphatic heterocycles. The van der Waals surface area contributed by atoms with Gasteiger partial charge >= 0.3 is 18.1 Å². The maximum absolute atomic E-state index is 14.2. The summed E-state index contributed by atoms with van der Waals surface area (Å²) < 4.78 is 52.5. The Morgan fingerprint density at radius 1 is 1.00 bits per heavy atom. The van der Waals surface area contributed by atoms with Crippen molar-refractivity contribution in [3.05, 3.63) is 86.6 Å². The van der Waals surface area contributed by atoms with E-state index in [4.69, 9.17) is 9.47 Å². The number of fused-ring (bicyclic) bond motifs is 1. The Morgan fingerprint density at radius 2 is 1.64 bits per heavy atom. The molecule has 44 heavy (non-hydrogen) atoms. The fourth-order valence-electron chi connectivity index (χ4n) is 5.34. The molecule has 0 bridgehead atoms. The highest BCUT2D eigenvalue weighted by atomic mass is 19.4. The third kappa shape index (κ3) is 6.53. The van der Waals surface area contributed by atoms with Crippen LogP contribution in [0.15, 0.2) is 64.8 Å². The summed E-state index contributed by atoms with van der Waals surface area (Å²) in [5.74, 6) is -6.19. The van der Waals surface area contributed by atoms with E-state index in [0.717, 1.165) is 24.1 Å². The van der Waals surface area contributed by atoms with Crippen LogP contribution in [0.3, 0.4) is 0 Å². The van der Waals surface area contributed by atoms with Crippen molar-refractivity contribution in [1.82, 2.24) is 4.90 Å². The second-order valence-electron chi connectivity index (χ2n) is 10.2. The summed E-state index contributed by atoms with van der Waals surface area (Å²) in [6.07, 6.45) is -3.39. The molecule has 2 unspecified atom stereocenters. The van der Waals surface area contributed by atoms with Gasteiger partial charge in [0.2, 0.25) is 0 Å². The average molecular weight is 616 g/mol. The van der Waals surface area contributed by atoms with Crippen LogP contribution in [0.25, 0.3) is 0 Å². The number of amides is 2. The molecule has 2 amide bonds. The van der Waals surface area contributed by atoms with Crippen LogP contribution < -0.4 is 0 Å².